The summed E-state index contributed by atoms with van der Waals surface area (Å²) in [5.74, 6) is 1.59. The van der Waals surface area contributed by atoms with Crippen LogP contribution in [0.5, 0.6) is 0 Å². The molecule has 0 saturated carbocycles. The molecule has 0 amide bonds. The van der Waals surface area contributed by atoms with Gasteiger partial charge in [-0.05, 0) is 42.8 Å². The molecule has 0 aliphatic rings. The average Bonchev–Trinajstić information content (AvgIpc) is 3.17. The Labute approximate surface area is 168 Å². The Morgan fingerprint density at radius 3 is 2.43 bits per heavy atom. The maximum Gasteiger partial charge on any atom is 0.196 e. The van der Waals surface area contributed by atoms with Crippen molar-refractivity contribution in [2.24, 2.45) is 0 Å². The van der Waals surface area contributed by atoms with Gasteiger partial charge in [-0.1, -0.05) is 65.9 Å². The third-order valence-electron chi connectivity index (χ3n) is 4.37. The van der Waals surface area contributed by atoms with Crippen molar-refractivity contribution in [3.8, 4) is 23.1 Å². The minimum Gasteiger partial charge on any atom is -0.270 e. The first-order valence-electron chi connectivity index (χ1n) is 8.94. The molecule has 4 nitrogen and oxygen atoms in total. The molecule has 4 rings (SSSR count). The topological polar surface area (TPSA) is 54.5 Å². The molecule has 0 aliphatic carbocycles. The van der Waals surface area contributed by atoms with Crippen molar-refractivity contribution in [3.05, 3.63) is 95.6 Å². The predicted molar refractivity (Wildman–Crippen MR) is 112 cm³/mol. The first-order chi connectivity index (χ1) is 13.7. The van der Waals surface area contributed by atoms with Crippen LogP contribution in [0.2, 0.25) is 0 Å². The Kier molecular flexibility index (Phi) is 5.22. The molecule has 0 bridgehead atoms. The van der Waals surface area contributed by atoms with E-state index < -0.39 is 0 Å². The normalized spacial score (nSPS) is 10.6. The fourth-order valence-electron chi connectivity index (χ4n) is 2.97. The van der Waals surface area contributed by atoms with E-state index in [2.05, 4.69) is 58.1 Å². The lowest BCUT2D eigenvalue weighted by molar-refractivity contribution is 0.886. The molecule has 0 unspecified atom stereocenters. The summed E-state index contributed by atoms with van der Waals surface area (Å²) in [6.07, 6.45) is 0. The molecule has 0 N–H and O–H groups in total. The van der Waals surface area contributed by atoms with E-state index in [0.717, 1.165) is 33.5 Å². The second kappa shape index (κ2) is 8.12. The fourth-order valence-corrected chi connectivity index (χ4v) is 3.88. The number of hydrogen-bond acceptors (Lipinski definition) is 4. The second-order valence-corrected chi connectivity index (χ2v) is 7.39. The quantitative estimate of drug-likeness (QED) is 0.433. The van der Waals surface area contributed by atoms with Gasteiger partial charge in [-0.15, -0.1) is 10.2 Å². The second-order valence-electron chi connectivity index (χ2n) is 6.44. The van der Waals surface area contributed by atoms with E-state index in [-0.39, 0.29) is 0 Å². The van der Waals surface area contributed by atoms with Crippen molar-refractivity contribution >= 4 is 11.8 Å². The molecule has 3 aromatic carbocycles. The highest BCUT2D eigenvalue weighted by Gasteiger charge is 2.16. The maximum atomic E-state index is 8.95. The molecule has 28 heavy (non-hydrogen) atoms. The number of rotatable bonds is 5. The third kappa shape index (κ3) is 3.83. The summed E-state index contributed by atoms with van der Waals surface area (Å²) >= 11 is 1.63. The van der Waals surface area contributed by atoms with E-state index in [1.165, 1.54) is 5.56 Å². The number of thioether (sulfide) groups is 1. The van der Waals surface area contributed by atoms with Crippen LogP contribution in [0.1, 0.15) is 16.7 Å². The van der Waals surface area contributed by atoms with Crippen LogP contribution in [0.15, 0.2) is 84.0 Å². The van der Waals surface area contributed by atoms with Crippen molar-refractivity contribution in [1.82, 2.24) is 14.8 Å². The van der Waals surface area contributed by atoms with Crippen LogP contribution in [-0.4, -0.2) is 14.8 Å². The summed E-state index contributed by atoms with van der Waals surface area (Å²) in [5, 5.41) is 18.8. The first-order valence-corrected chi connectivity index (χ1v) is 9.93. The number of nitriles is 1. The van der Waals surface area contributed by atoms with Gasteiger partial charge in [0.25, 0.3) is 0 Å². The first kappa shape index (κ1) is 18.0. The number of aromatic nitrogens is 3. The summed E-state index contributed by atoms with van der Waals surface area (Å²) in [6, 6.07) is 28.3. The van der Waals surface area contributed by atoms with Gasteiger partial charge in [-0.3, -0.25) is 4.57 Å². The predicted octanol–water partition coefficient (Wildman–Crippen LogP) is 5.41. The Morgan fingerprint density at radius 1 is 0.929 bits per heavy atom. The highest BCUT2D eigenvalue weighted by molar-refractivity contribution is 7.98. The summed E-state index contributed by atoms with van der Waals surface area (Å²) in [6.45, 7) is 2.08. The molecule has 0 radical (unpaired) electrons. The monoisotopic (exact) mass is 382 g/mol. The van der Waals surface area contributed by atoms with Gasteiger partial charge >= 0.3 is 0 Å². The number of benzene rings is 3. The van der Waals surface area contributed by atoms with Crippen LogP contribution < -0.4 is 0 Å². The SMILES string of the molecule is Cc1cccc(-c2nnc(SCc3ccc(C#N)cc3)n2-c2ccccc2)c1. The molecule has 0 saturated heterocycles. The molecule has 1 aromatic heterocycles. The highest BCUT2D eigenvalue weighted by Crippen LogP contribution is 2.30. The molecule has 5 heteroatoms. The van der Waals surface area contributed by atoms with Gasteiger partial charge in [0.1, 0.15) is 0 Å². The van der Waals surface area contributed by atoms with Gasteiger partial charge < -0.3 is 0 Å². The minimum atomic E-state index is 0.669. The largest absolute Gasteiger partial charge is 0.270 e. The van der Waals surface area contributed by atoms with E-state index in [1.54, 1.807) is 11.8 Å². The number of aryl methyl sites for hydroxylation is 1. The lowest BCUT2D eigenvalue weighted by atomic mass is 10.1. The molecule has 4 aromatic rings. The molecular formula is C23H18N4S. The zero-order valence-electron chi connectivity index (χ0n) is 15.4. The maximum absolute atomic E-state index is 8.95. The van der Waals surface area contributed by atoms with E-state index in [0.29, 0.717) is 5.56 Å². The van der Waals surface area contributed by atoms with Crippen LogP contribution in [0.25, 0.3) is 17.1 Å². The van der Waals surface area contributed by atoms with Crippen LogP contribution in [0.4, 0.5) is 0 Å². The Morgan fingerprint density at radius 2 is 1.71 bits per heavy atom. The molecule has 0 spiro atoms. The van der Waals surface area contributed by atoms with E-state index >= 15 is 0 Å². The van der Waals surface area contributed by atoms with Gasteiger partial charge in [-0.2, -0.15) is 5.26 Å². The van der Waals surface area contributed by atoms with Gasteiger partial charge in [0.05, 0.1) is 11.6 Å². The summed E-state index contributed by atoms with van der Waals surface area (Å²) in [7, 11) is 0. The molecular weight excluding hydrogens is 364 g/mol. The minimum absolute atomic E-state index is 0.669. The van der Waals surface area contributed by atoms with Gasteiger partial charge in [0.2, 0.25) is 0 Å². The van der Waals surface area contributed by atoms with Crippen LogP contribution in [0.3, 0.4) is 0 Å². The zero-order valence-corrected chi connectivity index (χ0v) is 16.2. The summed E-state index contributed by atoms with van der Waals surface area (Å²) in [4.78, 5) is 0. The average molecular weight is 382 g/mol. The van der Waals surface area contributed by atoms with E-state index in [9.17, 15) is 0 Å². The fraction of sp³-hybridized carbons (Fsp3) is 0.0870. The van der Waals surface area contributed by atoms with Crippen LogP contribution in [0, 0.1) is 18.3 Å². The number of hydrogen-bond donors (Lipinski definition) is 0. The van der Waals surface area contributed by atoms with Gasteiger partial charge in [0, 0.05) is 17.0 Å². The zero-order chi connectivity index (χ0) is 19.3. The Hall–Kier alpha value is -3.36. The highest BCUT2D eigenvalue weighted by atomic mass is 32.2. The summed E-state index contributed by atoms with van der Waals surface area (Å²) < 4.78 is 2.10. The lowest BCUT2D eigenvalue weighted by Crippen LogP contribution is -1.99. The van der Waals surface area contributed by atoms with Gasteiger partial charge in [0.15, 0.2) is 11.0 Å². The molecule has 0 fully saturated rings. The van der Waals surface area contributed by atoms with Gasteiger partial charge in [-0.25, -0.2) is 0 Å². The summed E-state index contributed by atoms with van der Waals surface area (Å²) in [5.41, 5.74) is 5.08. The molecule has 0 atom stereocenters. The smallest absolute Gasteiger partial charge is 0.196 e. The van der Waals surface area contributed by atoms with Crippen molar-refractivity contribution in [1.29, 1.82) is 5.26 Å². The Bertz CT molecular complexity index is 1130. The number of para-hydroxylation sites is 1. The third-order valence-corrected chi connectivity index (χ3v) is 5.38. The van der Waals surface area contributed by atoms with Crippen molar-refractivity contribution in [3.63, 3.8) is 0 Å². The Balaban J connectivity index is 1.70. The molecule has 0 aliphatic heterocycles. The lowest BCUT2D eigenvalue weighted by Gasteiger charge is -2.10. The van der Waals surface area contributed by atoms with E-state index in [1.807, 2.05) is 48.5 Å². The molecule has 1 heterocycles. The van der Waals surface area contributed by atoms with Crippen molar-refractivity contribution in [2.75, 3.05) is 0 Å². The van der Waals surface area contributed by atoms with Crippen molar-refractivity contribution in [2.45, 2.75) is 17.8 Å². The standard InChI is InChI=1S/C23H18N4S/c1-17-6-5-7-20(14-17)22-25-26-23(27(22)21-8-3-2-4-9-21)28-16-19-12-10-18(15-24)11-13-19/h2-14H,16H2,1H3. The number of nitrogens with zero attached hydrogens (tertiary/aromatic N) is 4. The van der Waals surface area contributed by atoms with E-state index in [4.69, 9.17) is 5.26 Å². The molecule has 136 valence electrons. The van der Waals surface area contributed by atoms with Crippen LogP contribution >= 0.6 is 11.8 Å². The van der Waals surface area contributed by atoms with Crippen molar-refractivity contribution < 1.29 is 0 Å². The van der Waals surface area contributed by atoms with Crippen LogP contribution in [-0.2, 0) is 5.75 Å².